The second kappa shape index (κ2) is 9.19. The number of benzene rings is 2. The van der Waals surface area contributed by atoms with Gasteiger partial charge in [0.15, 0.2) is 0 Å². The van der Waals surface area contributed by atoms with E-state index in [-0.39, 0.29) is 0 Å². The quantitative estimate of drug-likeness (QED) is 0.315. The first kappa shape index (κ1) is 18.9. The molecule has 0 atom stereocenters. The molecule has 0 amide bonds. The summed E-state index contributed by atoms with van der Waals surface area (Å²) in [5.74, 6) is 1.31. The summed E-state index contributed by atoms with van der Waals surface area (Å²) in [6, 6.07) is 14.7. The number of nitrogens with zero attached hydrogens (tertiary/aromatic N) is 2. The van der Waals surface area contributed by atoms with Crippen LogP contribution in [0.2, 0.25) is 0 Å². The van der Waals surface area contributed by atoms with Crippen molar-refractivity contribution in [2.75, 3.05) is 17.8 Å². The van der Waals surface area contributed by atoms with Crippen molar-refractivity contribution in [1.82, 2.24) is 4.98 Å². The van der Waals surface area contributed by atoms with Crippen LogP contribution >= 0.6 is 11.3 Å². The molecule has 27 heavy (non-hydrogen) atoms. The average Bonchev–Trinajstić information content (AvgIpc) is 3.09. The number of ether oxygens (including phenoxy) is 1. The highest BCUT2D eigenvalue weighted by molar-refractivity contribution is 7.14. The molecule has 0 aliphatic heterocycles. The predicted molar refractivity (Wildman–Crippen MR) is 115 cm³/mol. The summed E-state index contributed by atoms with van der Waals surface area (Å²) < 4.78 is 5.94. The number of aryl methyl sites for hydroxylation is 1. The van der Waals surface area contributed by atoms with E-state index in [2.05, 4.69) is 65.8 Å². The van der Waals surface area contributed by atoms with E-state index in [1.807, 2.05) is 6.07 Å². The van der Waals surface area contributed by atoms with Crippen LogP contribution in [0.1, 0.15) is 30.9 Å². The minimum absolute atomic E-state index is 0.489. The number of nitrogen functional groups attached to an aromatic ring is 1. The van der Waals surface area contributed by atoms with Crippen LogP contribution in [0.3, 0.4) is 0 Å². The second-order valence-electron chi connectivity index (χ2n) is 6.27. The molecule has 140 valence electrons. The Hall–Kier alpha value is -2.86. The molecule has 3 aromatic rings. The smallest absolute Gasteiger partial charge is 0.205 e. The first-order valence-corrected chi connectivity index (χ1v) is 9.87. The van der Waals surface area contributed by atoms with Crippen LogP contribution in [-0.4, -0.2) is 17.8 Å². The lowest BCUT2D eigenvalue weighted by molar-refractivity contribution is 0.309. The number of anilines is 2. The van der Waals surface area contributed by atoms with Crippen molar-refractivity contribution in [3.63, 3.8) is 0 Å². The maximum Gasteiger partial charge on any atom is 0.205 e. The van der Waals surface area contributed by atoms with Crippen molar-refractivity contribution in [1.29, 1.82) is 0 Å². The van der Waals surface area contributed by atoms with E-state index in [0.717, 1.165) is 35.3 Å². The fourth-order valence-electron chi connectivity index (χ4n) is 2.53. The summed E-state index contributed by atoms with van der Waals surface area (Å²) in [6.45, 7) is 4.93. The standard InChI is InChI=1S/C21H24N4OS/c1-3-4-11-26-19-10-9-17(16-7-5-15(2)6-8-16)12-18(19)13-23-25-21-24-20(22)14-27-21/h5-10,12-14H,3-4,11,22H2,1-2H3,(H,24,25). The second-order valence-corrected chi connectivity index (χ2v) is 7.13. The summed E-state index contributed by atoms with van der Waals surface area (Å²) in [7, 11) is 0. The van der Waals surface area contributed by atoms with Gasteiger partial charge in [-0.2, -0.15) is 5.10 Å². The van der Waals surface area contributed by atoms with Gasteiger partial charge >= 0.3 is 0 Å². The largest absolute Gasteiger partial charge is 0.493 e. The highest BCUT2D eigenvalue weighted by Gasteiger charge is 2.06. The molecule has 0 bridgehead atoms. The SMILES string of the molecule is CCCCOc1ccc(-c2ccc(C)cc2)cc1C=NNc1nc(N)cs1. The first-order chi connectivity index (χ1) is 13.2. The molecule has 2 aromatic carbocycles. The zero-order chi connectivity index (χ0) is 19.1. The molecule has 0 saturated heterocycles. The van der Waals surface area contributed by atoms with E-state index < -0.39 is 0 Å². The van der Waals surface area contributed by atoms with Crippen LogP contribution in [0.5, 0.6) is 5.75 Å². The van der Waals surface area contributed by atoms with Gasteiger partial charge in [0.25, 0.3) is 0 Å². The monoisotopic (exact) mass is 380 g/mol. The molecule has 3 N–H and O–H groups in total. The lowest BCUT2D eigenvalue weighted by Gasteiger charge is -2.11. The van der Waals surface area contributed by atoms with Crippen molar-refractivity contribution >= 4 is 28.5 Å². The highest BCUT2D eigenvalue weighted by atomic mass is 32.1. The molecule has 3 rings (SSSR count). The molecule has 0 aliphatic carbocycles. The number of rotatable bonds is 8. The average molecular weight is 381 g/mol. The zero-order valence-electron chi connectivity index (χ0n) is 15.6. The highest BCUT2D eigenvalue weighted by Crippen LogP contribution is 2.26. The van der Waals surface area contributed by atoms with Crippen LogP contribution < -0.4 is 15.9 Å². The molecule has 0 aliphatic rings. The Kier molecular flexibility index (Phi) is 6.44. The fourth-order valence-corrected chi connectivity index (χ4v) is 3.08. The number of unbranched alkanes of at least 4 members (excludes halogenated alkanes) is 1. The Balaban J connectivity index is 1.83. The first-order valence-electron chi connectivity index (χ1n) is 8.99. The van der Waals surface area contributed by atoms with Crippen molar-refractivity contribution < 1.29 is 4.74 Å². The van der Waals surface area contributed by atoms with Crippen molar-refractivity contribution in [3.05, 3.63) is 59.0 Å². The third kappa shape index (κ3) is 5.31. The number of nitrogens with one attached hydrogen (secondary N) is 1. The number of hydrogen-bond donors (Lipinski definition) is 2. The number of hydrazone groups is 1. The number of nitrogens with two attached hydrogens (primary N) is 1. The topological polar surface area (TPSA) is 72.5 Å². The summed E-state index contributed by atoms with van der Waals surface area (Å²) in [5, 5.41) is 6.73. The number of thiazole rings is 1. The van der Waals surface area contributed by atoms with Crippen LogP contribution in [0, 0.1) is 6.92 Å². The van der Waals surface area contributed by atoms with Gasteiger partial charge in [-0.05, 0) is 36.6 Å². The van der Waals surface area contributed by atoms with Gasteiger partial charge in [0.2, 0.25) is 5.13 Å². The molecule has 0 radical (unpaired) electrons. The molecular weight excluding hydrogens is 356 g/mol. The molecule has 0 saturated carbocycles. The van der Waals surface area contributed by atoms with Gasteiger partial charge in [0, 0.05) is 10.9 Å². The number of hydrogen-bond acceptors (Lipinski definition) is 6. The Labute approximate surface area is 163 Å². The van der Waals surface area contributed by atoms with E-state index in [9.17, 15) is 0 Å². The molecule has 0 unspecified atom stereocenters. The zero-order valence-corrected chi connectivity index (χ0v) is 16.4. The fraction of sp³-hybridized carbons (Fsp3) is 0.238. The lowest BCUT2D eigenvalue weighted by Crippen LogP contribution is -2.00. The molecule has 1 heterocycles. The van der Waals surface area contributed by atoms with E-state index in [4.69, 9.17) is 10.5 Å². The van der Waals surface area contributed by atoms with Gasteiger partial charge in [-0.1, -0.05) is 49.2 Å². The Morgan fingerprint density at radius 2 is 1.96 bits per heavy atom. The Bertz CT molecular complexity index is 903. The number of aromatic nitrogens is 1. The van der Waals surface area contributed by atoms with Crippen LogP contribution in [0.15, 0.2) is 52.9 Å². The normalized spacial score (nSPS) is 11.0. The molecule has 5 nitrogen and oxygen atoms in total. The Morgan fingerprint density at radius 3 is 2.67 bits per heavy atom. The van der Waals surface area contributed by atoms with Crippen LogP contribution in [0.25, 0.3) is 11.1 Å². The molecule has 0 fully saturated rings. The third-order valence-electron chi connectivity index (χ3n) is 4.04. The van der Waals surface area contributed by atoms with Gasteiger partial charge in [0.05, 0.1) is 12.8 Å². The predicted octanol–water partition coefficient (Wildman–Crippen LogP) is 5.33. The lowest BCUT2D eigenvalue weighted by atomic mass is 10.0. The van der Waals surface area contributed by atoms with E-state index in [1.165, 1.54) is 16.9 Å². The Morgan fingerprint density at radius 1 is 1.19 bits per heavy atom. The van der Waals surface area contributed by atoms with E-state index in [0.29, 0.717) is 17.6 Å². The van der Waals surface area contributed by atoms with Crippen LogP contribution in [-0.2, 0) is 0 Å². The van der Waals surface area contributed by atoms with E-state index >= 15 is 0 Å². The molecule has 1 aromatic heterocycles. The molecular formula is C21H24N4OS. The van der Waals surface area contributed by atoms with Gasteiger partial charge in [-0.15, -0.1) is 11.3 Å². The summed E-state index contributed by atoms with van der Waals surface area (Å²) in [4.78, 5) is 4.14. The maximum absolute atomic E-state index is 5.94. The van der Waals surface area contributed by atoms with Crippen molar-refractivity contribution in [3.8, 4) is 16.9 Å². The summed E-state index contributed by atoms with van der Waals surface area (Å²) >= 11 is 1.41. The van der Waals surface area contributed by atoms with Crippen molar-refractivity contribution in [2.45, 2.75) is 26.7 Å². The third-order valence-corrected chi connectivity index (χ3v) is 4.80. The molecule has 0 spiro atoms. The van der Waals surface area contributed by atoms with E-state index in [1.54, 1.807) is 11.6 Å². The minimum Gasteiger partial charge on any atom is -0.493 e. The maximum atomic E-state index is 5.94. The van der Waals surface area contributed by atoms with Crippen LogP contribution in [0.4, 0.5) is 10.9 Å². The minimum atomic E-state index is 0.489. The summed E-state index contributed by atoms with van der Waals surface area (Å²) in [6.07, 6.45) is 3.88. The van der Waals surface area contributed by atoms with Gasteiger partial charge in [-0.3, -0.25) is 5.43 Å². The molecule has 6 heteroatoms. The summed E-state index contributed by atoms with van der Waals surface area (Å²) in [5.41, 5.74) is 13.0. The van der Waals surface area contributed by atoms with Gasteiger partial charge in [-0.25, -0.2) is 4.98 Å². The van der Waals surface area contributed by atoms with Crippen molar-refractivity contribution in [2.24, 2.45) is 5.10 Å². The van der Waals surface area contributed by atoms with Gasteiger partial charge < -0.3 is 10.5 Å². The van der Waals surface area contributed by atoms with Gasteiger partial charge in [0.1, 0.15) is 11.6 Å².